The number of carbonyl (C=O) groups is 1. The maximum Gasteiger partial charge on any atom is 0.317 e. The highest BCUT2D eigenvalue weighted by molar-refractivity contribution is 5.74. The Morgan fingerprint density at radius 2 is 1.83 bits per heavy atom. The van der Waals surface area contributed by atoms with E-state index in [1.54, 1.807) is 0 Å². The first-order valence-electron chi connectivity index (χ1n) is 9.83. The second-order valence-electron chi connectivity index (χ2n) is 8.30. The van der Waals surface area contributed by atoms with Gasteiger partial charge in [-0.05, 0) is 57.5 Å². The molecule has 2 fully saturated rings. The first-order valence-corrected chi connectivity index (χ1v) is 9.83. The van der Waals surface area contributed by atoms with Crippen molar-refractivity contribution in [2.45, 2.75) is 65.5 Å². The van der Waals surface area contributed by atoms with Crippen molar-refractivity contribution in [2.75, 3.05) is 32.7 Å². The monoisotopic (exact) mass is 339 g/mol. The summed E-state index contributed by atoms with van der Waals surface area (Å²) in [5, 5.41) is 13.0. The Labute approximate surface area is 147 Å². The largest absolute Gasteiger partial charge is 0.393 e. The maximum absolute atomic E-state index is 12.5. The molecular weight excluding hydrogens is 302 g/mol. The molecule has 5 nitrogen and oxygen atoms in total. The van der Waals surface area contributed by atoms with Crippen LogP contribution in [0.3, 0.4) is 0 Å². The van der Waals surface area contributed by atoms with Crippen molar-refractivity contribution in [1.29, 1.82) is 0 Å². The Balaban J connectivity index is 1.83. The van der Waals surface area contributed by atoms with Gasteiger partial charge in [0.25, 0.3) is 0 Å². The molecule has 140 valence electrons. The predicted molar refractivity (Wildman–Crippen MR) is 98.0 cm³/mol. The molecule has 0 bridgehead atoms. The van der Waals surface area contributed by atoms with Crippen LogP contribution in [-0.2, 0) is 0 Å². The van der Waals surface area contributed by atoms with Crippen LogP contribution in [0.15, 0.2) is 0 Å². The maximum atomic E-state index is 12.5. The summed E-state index contributed by atoms with van der Waals surface area (Å²) >= 11 is 0. The van der Waals surface area contributed by atoms with Crippen LogP contribution in [0.2, 0.25) is 0 Å². The van der Waals surface area contributed by atoms with Crippen LogP contribution in [0, 0.1) is 17.8 Å². The summed E-state index contributed by atoms with van der Waals surface area (Å²) in [6.07, 6.45) is 4.20. The van der Waals surface area contributed by atoms with Crippen molar-refractivity contribution in [1.82, 2.24) is 15.1 Å². The topological polar surface area (TPSA) is 55.8 Å². The Kier molecular flexibility index (Phi) is 7.35. The smallest absolute Gasteiger partial charge is 0.317 e. The molecule has 0 aliphatic carbocycles. The SMILES string of the molecule is CC1CCN(C(CNC(=O)N2CCCC(C(C)O)C2)C(C)C)CC1. The molecular formula is C19H37N3O2. The van der Waals surface area contributed by atoms with Gasteiger partial charge in [-0.15, -0.1) is 0 Å². The number of aliphatic hydroxyl groups excluding tert-OH is 1. The number of urea groups is 1. The zero-order valence-corrected chi connectivity index (χ0v) is 16.0. The molecule has 2 amide bonds. The molecule has 5 heteroatoms. The number of likely N-dealkylation sites (tertiary alicyclic amines) is 2. The summed E-state index contributed by atoms with van der Waals surface area (Å²) in [7, 11) is 0. The lowest BCUT2D eigenvalue weighted by molar-refractivity contribution is 0.0716. The fraction of sp³-hybridized carbons (Fsp3) is 0.947. The molecule has 2 saturated heterocycles. The van der Waals surface area contributed by atoms with Gasteiger partial charge in [-0.3, -0.25) is 4.90 Å². The molecule has 0 aromatic carbocycles. The van der Waals surface area contributed by atoms with Gasteiger partial charge in [0.2, 0.25) is 0 Å². The van der Waals surface area contributed by atoms with E-state index in [0.717, 1.165) is 44.9 Å². The van der Waals surface area contributed by atoms with Gasteiger partial charge in [-0.1, -0.05) is 20.8 Å². The van der Waals surface area contributed by atoms with Crippen LogP contribution in [0.25, 0.3) is 0 Å². The number of aliphatic hydroxyl groups is 1. The number of hydrogen-bond donors (Lipinski definition) is 2. The van der Waals surface area contributed by atoms with Crippen molar-refractivity contribution >= 4 is 6.03 Å². The molecule has 24 heavy (non-hydrogen) atoms. The molecule has 3 unspecified atom stereocenters. The highest BCUT2D eigenvalue weighted by Gasteiger charge is 2.29. The third-order valence-electron chi connectivity index (χ3n) is 5.95. The van der Waals surface area contributed by atoms with E-state index in [0.29, 0.717) is 18.5 Å². The Hall–Kier alpha value is -0.810. The van der Waals surface area contributed by atoms with Gasteiger partial charge in [0.15, 0.2) is 0 Å². The predicted octanol–water partition coefficient (Wildman–Crippen LogP) is 2.55. The molecule has 2 rings (SSSR count). The van der Waals surface area contributed by atoms with E-state index in [1.807, 2.05) is 11.8 Å². The lowest BCUT2D eigenvalue weighted by Crippen LogP contribution is -2.53. The van der Waals surface area contributed by atoms with E-state index >= 15 is 0 Å². The van der Waals surface area contributed by atoms with Gasteiger partial charge < -0.3 is 15.3 Å². The third kappa shape index (κ3) is 5.35. The normalized spacial score (nSPS) is 26.4. The lowest BCUT2D eigenvalue weighted by Gasteiger charge is -2.39. The zero-order valence-electron chi connectivity index (χ0n) is 16.0. The Morgan fingerprint density at radius 1 is 1.17 bits per heavy atom. The average Bonchev–Trinajstić information content (AvgIpc) is 2.56. The fourth-order valence-electron chi connectivity index (χ4n) is 4.04. The van der Waals surface area contributed by atoms with Crippen LogP contribution in [0.5, 0.6) is 0 Å². The molecule has 0 radical (unpaired) electrons. The van der Waals surface area contributed by atoms with Crippen molar-refractivity contribution in [3.05, 3.63) is 0 Å². The Morgan fingerprint density at radius 3 is 2.42 bits per heavy atom. The quantitative estimate of drug-likeness (QED) is 0.809. The molecule has 3 atom stereocenters. The number of rotatable bonds is 5. The minimum absolute atomic E-state index is 0.0383. The summed E-state index contributed by atoms with van der Waals surface area (Å²) in [5.41, 5.74) is 0. The van der Waals surface area contributed by atoms with Crippen molar-refractivity contribution in [3.63, 3.8) is 0 Å². The van der Waals surface area contributed by atoms with Gasteiger partial charge in [0.1, 0.15) is 0 Å². The zero-order chi connectivity index (χ0) is 17.7. The summed E-state index contributed by atoms with van der Waals surface area (Å²) in [5.74, 6) is 1.58. The summed E-state index contributed by atoms with van der Waals surface area (Å²) in [6, 6.07) is 0.454. The molecule has 0 spiro atoms. The summed E-state index contributed by atoms with van der Waals surface area (Å²) < 4.78 is 0. The number of piperidine rings is 2. The molecule has 2 aliphatic rings. The highest BCUT2D eigenvalue weighted by atomic mass is 16.3. The molecule has 0 aromatic heterocycles. The molecule has 2 heterocycles. The number of hydrogen-bond acceptors (Lipinski definition) is 3. The average molecular weight is 340 g/mol. The second kappa shape index (κ2) is 9.04. The number of amides is 2. The minimum Gasteiger partial charge on any atom is -0.393 e. The van der Waals surface area contributed by atoms with Crippen molar-refractivity contribution < 1.29 is 9.90 Å². The van der Waals surface area contributed by atoms with Gasteiger partial charge in [-0.2, -0.15) is 0 Å². The van der Waals surface area contributed by atoms with Gasteiger partial charge >= 0.3 is 6.03 Å². The molecule has 2 aliphatic heterocycles. The van der Waals surface area contributed by atoms with Gasteiger partial charge in [-0.25, -0.2) is 4.79 Å². The summed E-state index contributed by atoms with van der Waals surface area (Å²) in [6.45, 7) is 13.2. The van der Waals surface area contributed by atoms with Crippen LogP contribution in [0.1, 0.15) is 53.4 Å². The molecule has 0 aromatic rings. The number of nitrogens with zero attached hydrogens (tertiary/aromatic N) is 2. The van der Waals surface area contributed by atoms with Crippen molar-refractivity contribution in [2.24, 2.45) is 17.8 Å². The van der Waals surface area contributed by atoms with E-state index in [2.05, 4.69) is 31.0 Å². The standard InChI is InChI=1S/C19H37N3O2/c1-14(2)18(21-10-7-15(3)8-11-21)12-20-19(24)22-9-5-6-17(13-22)16(4)23/h14-18,23H,5-13H2,1-4H3,(H,20,24). The van der Waals surface area contributed by atoms with Crippen LogP contribution in [0.4, 0.5) is 4.79 Å². The van der Waals surface area contributed by atoms with E-state index < -0.39 is 0 Å². The van der Waals surface area contributed by atoms with E-state index in [4.69, 9.17) is 0 Å². The van der Waals surface area contributed by atoms with Crippen molar-refractivity contribution in [3.8, 4) is 0 Å². The number of carbonyl (C=O) groups excluding carboxylic acids is 1. The lowest BCUT2D eigenvalue weighted by atomic mass is 9.93. The van der Waals surface area contributed by atoms with Gasteiger partial charge in [0.05, 0.1) is 6.10 Å². The highest BCUT2D eigenvalue weighted by Crippen LogP contribution is 2.22. The minimum atomic E-state index is -0.334. The van der Waals surface area contributed by atoms with E-state index in [9.17, 15) is 9.90 Å². The number of nitrogens with one attached hydrogen (secondary N) is 1. The van der Waals surface area contributed by atoms with Crippen LogP contribution in [-0.4, -0.2) is 65.8 Å². The second-order valence-corrected chi connectivity index (χ2v) is 8.30. The Bertz CT molecular complexity index is 392. The molecule has 0 saturated carbocycles. The first kappa shape index (κ1) is 19.5. The summed E-state index contributed by atoms with van der Waals surface area (Å²) in [4.78, 5) is 17.0. The fourth-order valence-corrected chi connectivity index (χ4v) is 4.04. The van der Waals surface area contributed by atoms with Gasteiger partial charge in [0, 0.05) is 31.6 Å². The first-order chi connectivity index (χ1) is 11.4. The van der Waals surface area contributed by atoms with E-state index in [-0.39, 0.29) is 18.1 Å². The van der Waals surface area contributed by atoms with E-state index in [1.165, 1.54) is 12.8 Å². The van der Waals surface area contributed by atoms with Crippen LogP contribution < -0.4 is 5.32 Å². The third-order valence-corrected chi connectivity index (χ3v) is 5.95. The molecule has 2 N–H and O–H groups in total. The van der Waals surface area contributed by atoms with Crippen LogP contribution >= 0.6 is 0 Å².